The molecule has 8 heteroatoms. The number of hydrogen-bond donors (Lipinski definition) is 1. The molecular weight excluding hydrogens is 486 g/mol. The van der Waals surface area contributed by atoms with Gasteiger partial charge in [0.2, 0.25) is 21.8 Å². The summed E-state index contributed by atoms with van der Waals surface area (Å²) in [7, 11) is -3.52. The molecule has 1 aliphatic rings. The molecule has 1 fully saturated rings. The van der Waals surface area contributed by atoms with Crippen molar-refractivity contribution < 1.29 is 18.0 Å². The molecule has 0 bridgehead atoms. The quantitative estimate of drug-likeness (QED) is 0.444. The maximum absolute atomic E-state index is 13.4. The van der Waals surface area contributed by atoms with Crippen molar-refractivity contribution in [2.45, 2.75) is 77.8 Å². The number of anilines is 1. The van der Waals surface area contributed by atoms with Gasteiger partial charge in [-0.2, -0.15) is 0 Å². The van der Waals surface area contributed by atoms with Crippen LogP contribution in [0, 0.1) is 13.8 Å². The standard InChI is InChI=1S/C29H41N3O4S/c1-22-16-17-23(2)27(21-22)32(37(4,35)36)19-10-15-28(33)31(20-18-25-11-6-5-7-12-25)24(3)29(34)30-26-13-8-9-14-26/h5-7,11-12,16-17,21,24,26H,8-10,13-15,18-20H2,1-4H3,(H,30,34)/t24-/m1/s1. The Morgan fingerprint density at radius 2 is 1.70 bits per heavy atom. The molecule has 0 aliphatic heterocycles. The number of sulfonamides is 1. The third-order valence-electron chi connectivity index (χ3n) is 7.14. The molecule has 202 valence electrons. The van der Waals surface area contributed by atoms with E-state index < -0.39 is 16.1 Å². The van der Waals surface area contributed by atoms with Gasteiger partial charge in [-0.1, -0.05) is 55.3 Å². The Labute approximate surface area is 222 Å². The zero-order chi connectivity index (χ0) is 27.0. The SMILES string of the molecule is Cc1ccc(C)c(N(CCCC(=O)N(CCc2ccccc2)[C@H](C)C(=O)NC2CCCC2)S(C)(=O)=O)c1. The van der Waals surface area contributed by atoms with Gasteiger partial charge >= 0.3 is 0 Å². The maximum Gasteiger partial charge on any atom is 0.242 e. The molecule has 2 aromatic rings. The molecule has 1 saturated carbocycles. The summed E-state index contributed by atoms with van der Waals surface area (Å²) in [6.45, 7) is 6.22. The molecule has 0 heterocycles. The van der Waals surface area contributed by atoms with Crippen molar-refractivity contribution in [2.75, 3.05) is 23.7 Å². The minimum Gasteiger partial charge on any atom is -0.352 e. The fourth-order valence-electron chi connectivity index (χ4n) is 4.93. The van der Waals surface area contributed by atoms with Gasteiger partial charge in [0.05, 0.1) is 11.9 Å². The minimum absolute atomic E-state index is 0.124. The van der Waals surface area contributed by atoms with Crippen LogP contribution in [0.4, 0.5) is 5.69 Å². The summed E-state index contributed by atoms with van der Waals surface area (Å²) in [6, 6.07) is 15.2. The summed E-state index contributed by atoms with van der Waals surface area (Å²) in [5, 5.41) is 3.12. The van der Waals surface area contributed by atoms with Crippen molar-refractivity contribution in [3.63, 3.8) is 0 Å². The van der Waals surface area contributed by atoms with Crippen LogP contribution >= 0.6 is 0 Å². The second-order valence-corrected chi connectivity index (χ2v) is 12.1. The topological polar surface area (TPSA) is 86.8 Å². The first-order chi connectivity index (χ1) is 17.6. The summed E-state index contributed by atoms with van der Waals surface area (Å²) < 4.78 is 26.6. The number of carbonyl (C=O) groups is 2. The number of nitrogens with zero attached hydrogens (tertiary/aromatic N) is 2. The Morgan fingerprint density at radius 3 is 2.35 bits per heavy atom. The molecular formula is C29H41N3O4S. The van der Waals surface area contributed by atoms with Gasteiger partial charge in [-0.15, -0.1) is 0 Å². The lowest BCUT2D eigenvalue weighted by Gasteiger charge is -2.30. The van der Waals surface area contributed by atoms with Gasteiger partial charge in [0.1, 0.15) is 6.04 Å². The molecule has 7 nitrogen and oxygen atoms in total. The molecule has 0 radical (unpaired) electrons. The molecule has 1 aliphatic carbocycles. The summed E-state index contributed by atoms with van der Waals surface area (Å²) in [5.41, 5.74) is 3.57. The van der Waals surface area contributed by atoms with Crippen LogP contribution < -0.4 is 9.62 Å². The van der Waals surface area contributed by atoms with Crippen LogP contribution in [0.2, 0.25) is 0 Å². The maximum atomic E-state index is 13.4. The lowest BCUT2D eigenvalue weighted by atomic mass is 10.1. The Balaban J connectivity index is 1.69. The first kappa shape index (κ1) is 28.7. The predicted molar refractivity (Wildman–Crippen MR) is 149 cm³/mol. The molecule has 1 N–H and O–H groups in total. The highest BCUT2D eigenvalue weighted by Crippen LogP contribution is 2.25. The monoisotopic (exact) mass is 527 g/mol. The molecule has 2 amide bonds. The number of amides is 2. The smallest absolute Gasteiger partial charge is 0.242 e. The van der Waals surface area contributed by atoms with Crippen LogP contribution in [0.15, 0.2) is 48.5 Å². The Kier molecular flexibility index (Phi) is 10.1. The summed E-state index contributed by atoms with van der Waals surface area (Å²) in [4.78, 5) is 28.1. The molecule has 37 heavy (non-hydrogen) atoms. The number of hydrogen-bond acceptors (Lipinski definition) is 4. The third-order valence-corrected chi connectivity index (χ3v) is 8.32. The van der Waals surface area contributed by atoms with E-state index in [1.807, 2.05) is 62.4 Å². The van der Waals surface area contributed by atoms with E-state index in [1.54, 1.807) is 11.8 Å². The van der Waals surface area contributed by atoms with Crippen molar-refractivity contribution in [3.8, 4) is 0 Å². The first-order valence-electron chi connectivity index (χ1n) is 13.2. The molecule has 3 rings (SSSR count). The number of rotatable bonds is 12. The van der Waals surface area contributed by atoms with Crippen molar-refractivity contribution in [1.29, 1.82) is 0 Å². The average Bonchev–Trinajstić information content (AvgIpc) is 3.36. The van der Waals surface area contributed by atoms with Crippen LogP contribution in [0.5, 0.6) is 0 Å². The highest BCUT2D eigenvalue weighted by Gasteiger charge is 2.28. The van der Waals surface area contributed by atoms with E-state index in [9.17, 15) is 18.0 Å². The second kappa shape index (κ2) is 13.1. The fraction of sp³-hybridized carbons (Fsp3) is 0.517. The van der Waals surface area contributed by atoms with E-state index >= 15 is 0 Å². The zero-order valence-corrected chi connectivity index (χ0v) is 23.4. The lowest BCUT2D eigenvalue weighted by molar-refractivity contribution is -0.140. The van der Waals surface area contributed by atoms with Crippen LogP contribution in [0.25, 0.3) is 0 Å². The van der Waals surface area contributed by atoms with Crippen molar-refractivity contribution in [2.24, 2.45) is 0 Å². The predicted octanol–water partition coefficient (Wildman–Crippen LogP) is 4.37. The number of benzene rings is 2. The summed E-state index contributed by atoms with van der Waals surface area (Å²) in [6.07, 6.45) is 6.56. The average molecular weight is 528 g/mol. The van der Waals surface area contributed by atoms with E-state index in [2.05, 4.69) is 5.32 Å². The Hall–Kier alpha value is -2.87. The minimum atomic E-state index is -3.52. The van der Waals surface area contributed by atoms with Gasteiger partial charge in [-0.05, 0) is 69.2 Å². The van der Waals surface area contributed by atoms with Gasteiger partial charge < -0.3 is 10.2 Å². The number of nitrogens with one attached hydrogen (secondary N) is 1. The van der Waals surface area contributed by atoms with Gasteiger partial charge in [0.15, 0.2) is 0 Å². The van der Waals surface area contributed by atoms with Crippen molar-refractivity contribution >= 4 is 27.5 Å². The van der Waals surface area contributed by atoms with Gasteiger partial charge in [0.25, 0.3) is 0 Å². The molecule has 1 atom stereocenters. The highest BCUT2D eigenvalue weighted by atomic mass is 32.2. The summed E-state index contributed by atoms with van der Waals surface area (Å²) >= 11 is 0. The molecule has 0 saturated heterocycles. The molecule has 0 aromatic heterocycles. The molecule has 2 aromatic carbocycles. The van der Waals surface area contributed by atoms with E-state index in [0.29, 0.717) is 25.1 Å². The number of aryl methyl sites for hydroxylation is 2. The third kappa shape index (κ3) is 8.32. The van der Waals surface area contributed by atoms with Crippen LogP contribution in [0.3, 0.4) is 0 Å². The van der Waals surface area contributed by atoms with Gasteiger partial charge in [-0.3, -0.25) is 13.9 Å². The van der Waals surface area contributed by atoms with E-state index in [4.69, 9.17) is 0 Å². The lowest BCUT2D eigenvalue weighted by Crippen LogP contribution is -2.50. The van der Waals surface area contributed by atoms with Crippen LogP contribution in [0.1, 0.15) is 62.1 Å². The Bertz CT molecular complexity index is 1160. The molecule has 0 spiro atoms. The van der Waals surface area contributed by atoms with E-state index in [0.717, 1.165) is 42.4 Å². The van der Waals surface area contributed by atoms with Gasteiger partial charge in [-0.25, -0.2) is 8.42 Å². The van der Waals surface area contributed by atoms with Crippen molar-refractivity contribution in [1.82, 2.24) is 10.2 Å². The molecule has 0 unspecified atom stereocenters. The van der Waals surface area contributed by atoms with Crippen LogP contribution in [-0.2, 0) is 26.0 Å². The summed E-state index contributed by atoms with van der Waals surface area (Å²) in [5.74, 6) is -0.263. The van der Waals surface area contributed by atoms with E-state index in [-0.39, 0.29) is 30.8 Å². The Morgan fingerprint density at radius 1 is 1.03 bits per heavy atom. The van der Waals surface area contributed by atoms with Crippen LogP contribution in [-0.4, -0.2) is 56.6 Å². The van der Waals surface area contributed by atoms with Gasteiger partial charge in [0, 0.05) is 25.6 Å². The first-order valence-corrected chi connectivity index (χ1v) is 15.1. The highest BCUT2D eigenvalue weighted by molar-refractivity contribution is 7.92. The number of carbonyl (C=O) groups excluding carboxylic acids is 2. The normalized spacial score (nSPS) is 14.8. The van der Waals surface area contributed by atoms with Crippen molar-refractivity contribution in [3.05, 3.63) is 65.2 Å². The van der Waals surface area contributed by atoms with E-state index in [1.165, 1.54) is 10.6 Å². The fourth-order valence-corrected chi connectivity index (χ4v) is 5.95. The largest absolute Gasteiger partial charge is 0.352 e. The second-order valence-electron chi connectivity index (χ2n) is 10.2. The zero-order valence-electron chi connectivity index (χ0n) is 22.6.